The smallest absolute Gasteiger partial charge is 0.483 e. The number of nitro groups is 1. The Balaban J connectivity index is 1.84. The van der Waals surface area contributed by atoms with Crippen molar-refractivity contribution in [3.63, 3.8) is 0 Å². The van der Waals surface area contributed by atoms with Gasteiger partial charge in [0.1, 0.15) is 5.82 Å². The molecule has 1 N–H and O–H groups in total. The number of carbonyl (C=O) groups is 1. The second kappa shape index (κ2) is 7.64. The Bertz CT molecular complexity index is 653. The summed E-state index contributed by atoms with van der Waals surface area (Å²) in [6.45, 7) is -0.0209. The normalized spacial score (nSPS) is 20.3. The van der Waals surface area contributed by atoms with Gasteiger partial charge in [-0.3, -0.25) is 10.1 Å². The van der Waals surface area contributed by atoms with Crippen molar-refractivity contribution in [1.82, 2.24) is 5.48 Å². The largest absolute Gasteiger partial charge is 0.492 e. The van der Waals surface area contributed by atoms with Crippen molar-refractivity contribution in [2.45, 2.75) is 31.5 Å². The lowest BCUT2D eigenvalue weighted by atomic mass is 10.1. The highest BCUT2D eigenvalue weighted by molar-refractivity contribution is 5.75. The fourth-order valence-electron chi connectivity index (χ4n) is 2.52. The first kappa shape index (κ1) is 18.9. The molecule has 1 fully saturated rings. The average molecular weight is 366 g/mol. The molecule has 138 valence electrons. The van der Waals surface area contributed by atoms with Crippen molar-refractivity contribution in [3.05, 3.63) is 34.1 Å². The number of nitrogens with one attached hydrogen (secondary N) is 1. The fraction of sp³-hybridized carbons (Fsp3) is 0.500. The quantitative estimate of drug-likeness (QED) is 0.473. The van der Waals surface area contributed by atoms with Gasteiger partial charge in [0, 0.05) is 18.7 Å². The lowest BCUT2D eigenvalue weighted by molar-refractivity contribution is -0.386. The first-order valence-electron chi connectivity index (χ1n) is 7.28. The number of hydrogen-bond donors (Lipinski definition) is 1. The van der Waals surface area contributed by atoms with E-state index in [0.717, 1.165) is 18.2 Å². The van der Waals surface area contributed by atoms with Crippen LogP contribution in [0.5, 0.6) is 5.75 Å². The number of halogens is 4. The molecule has 0 bridgehead atoms. The van der Waals surface area contributed by atoms with Crippen LogP contribution in [0.4, 0.5) is 23.2 Å². The maximum absolute atomic E-state index is 13.2. The van der Waals surface area contributed by atoms with Gasteiger partial charge in [0.25, 0.3) is 0 Å². The zero-order chi connectivity index (χ0) is 18.6. The number of benzene rings is 1. The third kappa shape index (κ3) is 5.28. The topological polar surface area (TPSA) is 90.7 Å². The summed E-state index contributed by atoms with van der Waals surface area (Å²) >= 11 is 0. The van der Waals surface area contributed by atoms with Gasteiger partial charge in [-0.15, -0.1) is 0 Å². The fourth-order valence-corrected chi connectivity index (χ4v) is 2.52. The molecule has 0 aromatic heterocycles. The molecule has 1 aliphatic carbocycles. The number of hydrogen-bond acceptors (Lipinski definition) is 6. The van der Waals surface area contributed by atoms with Crippen LogP contribution < -0.4 is 10.2 Å². The van der Waals surface area contributed by atoms with Crippen molar-refractivity contribution in [1.29, 1.82) is 0 Å². The minimum absolute atomic E-state index is 0.0209. The molecule has 2 atom stereocenters. The van der Waals surface area contributed by atoms with E-state index in [2.05, 4.69) is 4.84 Å². The first-order valence-corrected chi connectivity index (χ1v) is 7.28. The number of hydroxylamine groups is 1. The molecule has 0 aliphatic heterocycles. The molecule has 0 saturated heterocycles. The van der Waals surface area contributed by atoms with E-state index in [0.29, 0.717) is 19.3 Å². The summed E-state index contributed by atoms with van der Waals surface area (Å²) in [6, 6.07) is 2.85. The minimum atomic E-state index is -5.08. The Morgan fingerprint density at radius 1 is 1.36 bits per heavy atom. The molecule has 1 aromatic rings. The summed E-state index contributed by atoms with van der Waals surface area (Å²) in [5.41, 5.74) is 1.59. The second-order valence-electron chi connectivity index (χ2n) is 5.52. The number of rotatable bonds is 6. The van der Waals surface area contributed by atoms with Gasteiger partial charge in [-0.2, -0.15) is 18.7 Å². The van der Waals surface area contributed by atoms with Gasteiger partial charge in [-0.05, 0) is 31.2 Å². The summed E-state index contributed by atoms with van der Waals surface area (Å²) in [7, 11) is 0. The zero-order valence-corrected chi connectivity index (χ0v) is 12.7. The van der Waals surface area contributed by atoms with Gasteiger partial charge in [-0.25, -0.2) is 9.18 Å². The highest BCUT2D eigenvalue weighted by Gasteiger charge is 2.41. The summed E-state index contributed by atoms with van der Waals surface area (Å²) in [6.07, 6.45) is -4.14. The summed E-state index contributed by atoms with van der Waals surface area (Å²) in [5.74, 6) is -3.38. The molecule has 11 heteroatoms. The number of nitro benzene ring substituents is 1. The third-order valence-electron chi connectivity index (χ3n) is 3.67. The number of carbonyl (C=O) groups excluding carboxylic acids is 1. The van der Waals surface area contributed by atoms with E-state index >= 15 is 0 Å². The molecule has 0 heterocycles. The molecule has 7 nitrogen and oxygen atoms in total. The highest BCUT2D eigenvalue weighted by atomic mass is 19.4. The van der Waals surface area contributed by atoms with E-state index in [9.17, 15) is 32.5 Å². The maximum atomic E-state index is 13.2. The predicted molar refractivity (Wildman–Crippen MR) is 75.0 cm³/mol. The molecule has 0 unspecified atom stereocenters. The molecule has 2 rings (SSSR count). The standard InChI is InChI=1S/C14H14F4N2O5/c15-9-2-4-11(20(22)23)12(6-9)24-10-3-1-8(5-10)7-19-25-13(21)14(16,17)18/h2,4,6,8,10,19H,1,3,5,7H2/t8-,10-/m0/s1. The van der Waals surface area contributed by atoms with Crippen LogP contribution in [0.3, 0.4) is 0 Å². The lowest BCUT2D eigenvalue weighted by Crippen LogP contribution is -2.33. The van der Waals surface area contributed by atoms with Crippen LogP contribution in [0.25, 0.3) is 0 Å². The zero-order valence-electron chi connectivity index (χ0n) is 12.7. The molecule has 0 spiro atoms. The average Bonchev–Trinajstić information content (AvgIpc) is 2.93. The van der Waals surface area contributed by atoms with Gasteiger partial charge in [0.2, 0.25) is 0 Å². The van der Waals surface area contributed by atoms with Crippen LogP contribution in [-0.4, -0.2) is 29.7 Å². The van der Waals surface area contributed by atoms with Crippen LogP contribution in [0.2, 0.25) is 0 Å². The van der Waals surface area contributed by atoms with Gasteiger partial charge in [-0.1, -0.05) is 0 Å². The Hall–Kier alpha value is -2.43. The SMILES string of the molecule is O=C(ONC[C@H]1CC[C@H](Oc2cc(F)ccc2[N+](=O)[O-])C1)C(F)(F)F. The summed E-state index contributed by atoms with van der Waals surface area (Å²) in [4.78, 5) is 24.7. The highest BCUT2D eigenvalue weighted by Crippen LogP contribution is 2.33. The predicted octanol–water partition coefficient (Wildman–Crippen LogP) is 2.89. The number of alkyl halides is 3. The number of nitrogens with zero attached hydrogens (tertiary/aromatic N) is 1. The third-order valence-corrected chi connectivity index (χ3v) is 3.67. The van der Waals surface area contributed by atoms with Crippen molar-refractivity contribution in [2.24, 2.45) is 5.92 Å². The Morgan fingerprint density at radius 3 is 2.72 bits per heavy atom. The van der Waals surface area contributed by atoms with Crippen LogP contribution in [0.1, 0.15) is 19.3 Å². The molecular weight excluding hydrogens is 352 g/mol. The van der Waals surface area contributed by atoms with Gasteiger partial charge in [0.15, 0.2) is 5.75 Å². The van der Waals surface area contributed by atoms with Gasteiger partial charge >= 0.3 is 17.8 Å². The minimum Gasteiger partial charge on any atom is -0.483 e. The Morgan fingerprint density at radius 2 is 2.08 bits per heavy atom. The van der Waals surface area contributed by atoms with Crippen LogP contribution in [0, 0.1) is 21.8 Å². The molecule has 0 radical (unpaired) electrons. The van der Waals surface area contributed by atoms with E-state index in [1.165, 1.54) is 0 Å². The molecule has 1 aliphatic rings. The molecule has 0 amide bonds. The Kier molecular flexibility index (Phi) is 5.77. The molecular formula is C14H14F4N2O5. The van der Waals surface area contributed by atoms with Crippen molar-refractivity contribution in [3.8, 4) is 5.75 Å². The van der Waals surface area contributed by atoms with Crippen molar-refractivity contribution in [2.75, 3.05) is 6.54 Å². The van der Waals surface area contributed by atoms with E-state index < -0.39 is 29.0 Å². The van der Waals surface area contributed by atoms with Crippen LogP contribution in [-0.2, 0) is 9.63 Å². The van der Waals surface area contributed by atoms with E-state index in [1.807, 2.05) is 5.48 Å². The van der Waals surface area contributed by atoms with E-state index in [4.69, 9.17) is 4.74 Å². The second-order valence-corrected chi connectivity index (χ2v) is 5.52. The molecule has 1 saturated carbocycles. The Labute approximate surface area is 139 Å². The lowest BCUT2D eigenvalue weighted by Gasteiger charge is -2.15. The van der Waals surface area contributed by atoms with Gasteiger partial charge in [0.05, 0.1) is 11.0 Å². The summed E-state index contributed by atoms with van der Waals surface area (Å²) < 4.78 is 54.6. The van der Waals surface area contributed by atoms with Crippen molar-refractivity contribution < 1.29 is 36.9 Å². The van der Waals surface area contributed by atoms with Gasteiger partial charge < -0.3 is 9.57 Å². The van der Waals surface area contributed by atoms with E-state index in [-0.39, 0.29) is 23.9 Å². The molecule has 25 heavy (non-hydrogen) atoms. The molecule has 1 aromatic carbocycles. The van der Waals surface area contributed by atoms with Crippen LogP contribution >= 0.6 is 0 Å². The van der Waals surface area contributed by atoms with Crippen LogP contribution in [0.15, 0.2) is 18.2 Å². The first-order chi connectivity index (χ1) is 11.7. The summed E-state index contributed by atoms with van der Waals surface area (Å²) in [5, 5.41) is 10.9. The monoisotopic (exact) mass is 366 g/mol. The van der Waals surface area contributed by atoms with E-state index in [1.54, 1.807) is 0 Å². The van der Waals surface area contributed by atoms with Crippen molar-refractivity contribution >= 4 is 11.7 Å². The maximum Gasteiger partial charge on any atom is 0.492 e. The number of ether oxygens (including phenoxy) is 1.